The molecule has 0 spiro atoms. The van der Waals surface area contributed by atoms with E-state index in [1.165, 1.54) is 19.3 Å². The second kappa shape index (κ2) is 5.76. The van der Waals surface area contributed by atoms with Gasteiger partial charge in [0.25, 0.3) is 0 Å². The van der Waals surface area contributed by atoms with E-state index >= 15 is 0 Å². The van der Waals surface area contributed by atoms with Crippen LogP contribution in [0.15, 0.2) is 18.2 Å². The van der Waals surface area contributed by atoms with Gasteiger partial charge in [-0.2, -0.15) is 0 Å². The second-order valence-electron chi connectivity index (χ2n) is 3.33. The van der Waals surface area contributed by atoms with Crippen molar-refractivity contribution < 1.29 is 0 Å². The summed E-state index contributed by atoms with van der Waals surface area (Å²) >= 11 is 5.75. The topological polar surface area (TPSA) is 35.8 Å². The summed E-state index contributed by atoms with van der Waals surface area (Å²) in [5.74, 6) is 0. The zero-order valence-electron chi connectivity index (χ0n) is 8.44. The molecule has 0 heterocycles. The summed E-state index contributed by atoms with van der Waals surface area (Å²) in [4.78, 5) is 0. The summed E-state index contributed by atoms with van der Waals surface area (Å²) in [6.07, 6.45) is 3.65. The van der Waals surface area contributed by atoms with E-state index in [4.69, 9.17) is 17.3 Å². The molecule has 0 atom stereocenters. The van der Waals surface area contributed by atoms with E-state index in [1.807, 2.05) is 6.07 Å². The van der Waals surface area contributed by atoms with Crippen LogP contribution >= 0.6 is 11.6 Å². The number of anilines is 1. The predicted molar refractivity (Wildman–Crippen MR) is 62.2 cm³/mol. The van der Waals surface area contributed by atoms with Gasteiger partial charge in [0, 0.05) is 12.2 Å². The summed E-state index contributed by atoms with van der Waals surface area (Å²) < 4.78 is 0. The van der Waals surface area contributed by atoms with Crippen LogP contribution < -0.4 is 11.1 Å². The Labute approximate surface area is 90.4 Å². The van der Waals surface area contributed by atoms with Gasteiger partial charge in [0.1, 0.15) is 0 Å². The van der Waals surface area contributed by atoms with Crippen LogP contribution in [-0.4, -0.2) is 6.54 Å². The lowest BCUT2D eigenvalue weighted by atomic mass is 10.2. The quantitative estimate of drug-likeness (QED) is 0.738. The van der Waals surface area contributed by atoms with E-state index in [0.717, 1.165) is 12.2 Å². The Morgan fingerprint density at radius 1 is 1.36 bits per heavy atom. The number of hydrogen-bond donors (Lipinski definition) is 1. The van der Waals surface area contributed by atoms with Crippen LogP contribution in [0.25, 0.3) is 0 Å². The van der Waals surface area contributed by atoms with Gasteiger partial charge in [-0.1, -0.05) is 31.4 Å². The van der Waals surface area contributed by atoms with Crippen molar-refractivity contribution in [3.05, 3.63) is 23.2 Å². The molecule has 0 bridgehead atoms. The summed E-state index contributed by atoms with van der Waals surface area (Å²) in [6, 6.07) is 5.42. The van der Waals surface area contributed by atoms with Crippen LogP contribution in [0.3, 0.4) is 0 Å². The fourth-order valence-corrected chi connectivity index (χ4v) is 1.36. The number of unbranched alkanes of at least 4 members (excludes halogenated alkanes) is 2. The first-order valence-electron chi connectivity index (χ1n) is 4.99. The number of halogens is 1. The molecule has 0 amide bonds. The molecule has 2 N–H and O–H groups in total. The van der Waals surface area contributed by atoms with Gasteiger partial charge >= 0.3 is 0 Å². The number of rotatable bonds is 5. The van der Waals surface area contributed by atoms with E-state index in [0.29, 0.717) is 10.7 Å². The highest BCUT2D eigenvalue weighted by atomic mass is 35.5. The molecule has 3 heteroatoms. The maximum absolute atomic E-state index is 7.50. The highest BCUT2D eigenvalue weighted by Gasteiger charge is 1.97. The number of nitrogens with one attached hydrogen (secondary N) is 2. The third-order valence-corrected chi connectivity index (χ3v) is 2.41. The molecule has 0 fully saturated rings. The van der Waals surface area contributed by atoms with Crippen LogP contribution in [0, 0.1) is 0 Å². The lowest BCUT2D eigenvalue weighted by molar-refractivity contribution is 0.744. The van der Waals surface area contributed by atoms with Gasteiger partial charge in [-0.3, -0.25) is 5.73 Å². The summed E-state index contributed by atoms with van der Waals surface area (Å²) in [7, 11) is 0. The molecule has 0 aliphatic heterocycles. The molecular weight excluding hydrogens is 196 g/mol. The van der Waals surface area contributed by atoms with Gasteiger partial charge in [0.05, 0.1) is 10.7 Å². The van der Waals surface area contributed by atoms with E-state index in [2.05, 4.69) is 12.2 Å². The van der Waals surface area contributed by atoms with Crippen molar-refractivity contribution in [2.75, 3.05) is 11.9 Å². The zero-order valence-corrected chi connectivity index (χ0v) is 9.19. The van der Waals surface area contributed by atoms with Gasteiger partial charge < -0.3 is 5.32 Å². The van der Waals surface area contributed by atoms with Crippen molar-refractivity contribution in [3.63, 3.8) is 0 Å². The zero-order chi connectivity index (χ0) is 10.4. The highest BCUT2D eigenvalue weighted by molar-refractivity contribution is 6.32. The molecule has 1 aromatic rings. The number of benzene rings is 1. The van der Waals surface area contributed by atoms with E-state index in [1.54, 1.807) is 12.1 Å². The SMILES string of the molecule is CCCCCNc1ccc(Cl)c([NH])c1. The second-order valence-corrected chi connectivity index (χ2v) is 3.74. The molecule has 0 saturated carbocycles. The fraction of sp³-hybridized carbons (Fsp3) is 0.455. The van der Waals surface area contributed by atoms with Crippen molar-refractivity contribution in [2.24, 2.45) is 0 Å². The Morgan fingerprint density at radius 2 is 2.14 bits per heavy atom. The largest absolute Gasteiger partial charge is 0.385 e. The molecular formula is C11H16ClN2. The Bertz CT molecular complexity index is 287. The van der Waals surface area contributed by atoms with Crippen LogP contribution in [-0.2, 0) is 0 Å². The number of hydrogen-bond acceptors (Lipinski definition) is 1. The predicted octanol–water partition coefficient (Wildman–Crippen LogP) is 3.86. The minimum absolute atomic E-state index is 0.382. The Kier molecular flexibility index (Phi) is 4.60. The van der Waals surface area contributed by atoms with E-state index in [9.17, 15) is 0 Å². The molecule has 1 aromatic carbocycles. The van der Waals surface area contributed by atoms with Gasteiger partial charge in [-0.15, -0.1) is 0 Å². The summed E-state index contributed by atoms with van der Waals surface area (Å²) in [5, 5.41) is 3.77. The summed E-state index contributed by atoms with van der Waals surface area (Å²) in [5.41, 5.74) is 8.87. The van der Waals surface area contributed by atoms with Crippen molar-refractivity contribution in [1.82, 2.24) is 5.73 Å². The Hall–Kier alpha value is -0.890. The van der Waals surface area contributed by atoms with E-state index in [-0.39, 0.29) is 0 Å². The molecule has 77 valence electrons. The molecule has 14 heavy (non-hydrogen) atoms. The van der Waals surface area contributed by atoms with Crippen molar-refractivity contribution in [1.29, 1.82) is 0 Å². The average molecular weight is 212 g/mol. The first-order valence-corrected chi connectivity index (χ1v) is 5.37. The molecule has 0 unspecified atom stereocenters. The lowest BCUT2D eigenvalue weighted by Gasteiger charge is -2.06. The van der Waals surface area contributed by atoms with Gasteiger partial charge in [0.15, 0.2) is 0 Å². The monoisotopic (exact) mass is 211 g/mol. The minimum Gasteiger partial charge on any atom is -0.385 e. The molecule has 1 rings (SSSR count). The fourth-order valence-electron chi connectivity index (χ4n) is 1.24. The third kappa shape index (κ3) is 3.46. The maximum atomic E-state index is 7.50. The Balaban J connectivity index is 2.39. The molecule has 0 saturated heterocycles. The first-order chi connectivity index (χ1) is 6.74. The van der Waals surface area contributed by atoms with Crippen LogP contribution in [0.1, 0.15) is 26.2 Å². The van der Waals surface area contributed by atoms with Gasteiger partial charge in [0.2, 0.25) is 0 Å². The van der Waals surface area contributed by atoms with Gasteiger partial charge in [-0.25, -0.2) is 0 Å². The van der Waals surface area contributed by atoms with Crippen molar-refractivity contribution in [2.45, 2.75) is 26.2 Å². The highest BCUT2D eigenvalue weighted by Crippen LogP contribution is 2.23. The van der Waals surface area contributed by atoms with Crippen molar-refractivity contribution in [3.8, 4) is 0 Å². The molecule has 0 aliphatic carbocycles. The van der Waals surface area contributed by atoms with Crippen molar-refractivity contribution >= 4 is 23.0 Å². The smallest absolute Gasteiger partial charge is 0.0746 e. The maximum Gasteiger partial charge on any atom is 0.0746 e. The van der Waals surface area contributed by atoms with Crippen LogP contribution in [0.4, 0.5) is 11.4 Å². The molecule has 0 aliphatic rings. The first kappa shape index (κ1) is 11.2. The normalized spacial score (nSPS) is 10.1. The van der Waals surface area contributed by atoms with Crippen LogP contribution in [0.5, 0.6) is 0 Å². The third-order valence-electron chi connectivity index (χ3n) is 2.08. The minimum atomic E-state index is 0.382. The standard InChI is InChI=1S/C11H16ClN2/c1-2-3-4-7-14-9-5-6-10(12)11(13)8-9/h5-6,8,13-14H,2-4,7H2,1H3. The molecule has 1 radical (unpaired) electrons. The van der Waals surface area contributed by atoms with E-state index < -0.39 is 0 Å². The lowest BCUT2D eigenvalue weighted by Crippen LogP contribution is -2.00. The Morgan fingerprint density at radius 3 is 2.79 bits per heavy atom. The summed E-state index contributed by atoms with van der Waals surface area (Å²) in [6.45, 7) is 3.15. The molecule has 0 aromatic heterocycles. The van der Waals surface area contributed by atoms with Gasteiger partial charge in [-0.05, 0) is 24.6 Å². The molecule has 2 nitrogen and oxygen atoms in total. The average Bonchev–Trinajstić information content (AvgIpc) is 2.18. The van der Waals surface area contributed by atoms with Crippen LogP contribution in [0.2, 0.25) is 5.02 Å².